The minimum atomic E-state index is -0.582. The zero-order valence-electron chi connectivity index (χ0n) is 17.4. The Morgan fingerprint density at radius 1 is 1.04 bits per heavy atom. The van der Waals surface area contributed by atoms with E-state index < -0.39 is 11.6 Å². The van der Waals surface area contributed by atoms with Crippen LogP contribution < -0.4 is 11.1 Å². The summed E-state index contributed by atoms with van der Waals surface area (Å²) in [7, 11) is 0. The van der Waals surface area contributed by atoms with Crippen molar-refractivity contribution in [2.24, 2.45) is 35.3 Å². The molecule has 1 saturated heterocycles. The second-order valence-electron chi connectivity index (χ2n) is 11.1. The van der Waals surface area contributed by atoms with Crippen molar-refractivity contribution < 1.29 is 19.3 Å². The largest absolute Gasteiger partial charge is 0.354 e. The van der Waals surface area contributed by atoms with Crippen molar-refractivity contribution in [3.05, 3.63) is 0 Å². The molecule has 6 aliphatic rings. The van der Waals surface area contributed by atoms with Crippen molar-refractivity contribution in [3.63, 3.8) is 0 Å². The Hall–Kier alpha value is -0.690. The molecule has 0 unspecified atom stereocenters. The van der Waals surface area contributed by atoms with Crippen molar-refractivity contribution in [2.75, 3.05) is 6.54 Å². The third-order valence-corrected chi connectivity index (χ3v) is 8.03. The van der Waals surface area contributed by atoms with E-state index in [0.29, 0.717) is 30.7 Å². The minimum Gasteiger partial charge on any atom is -0.354 e. The van der Waals surface area contributed by atoms with E-state index >= 15 is 0 Å². The van der Waals surface area contributed by atoms with Crippen LogP contribution in [0.4, 0.5) is 0 Å². The molecule has 5 aliphatic carbocycles. The van der Waals surface area contributed by atoms with Gasteiger partial charge in [-0.25, -0.2) is 0 Å². The number of hydrogen-bond donors (Lipinski definition) is 2. The van der Waals surface area contributed by atoms with Gasteiger partial charge in [-0.05, 0) is 76.5 Å². The molecule has 6 heteroatoms. The number of nitrogens with one attached hydrogen (secondary N) is 1. The fourth-order valence-electron chi connectivity index (χ4n) is 6.78. The molecule has 5 saturated carbocycles. The number of rotatable bonds is 4. The van der Waals surface area contributed by atoms with E-state index in [1.54, 1.807) is 0 Å². The molecule has 1 heterocycles. The normalized spacial score (nSPS) is 47.2. The maximum atomic E-state index is 12.2. The smallest absolute Gasteiger partial charge is 0.220 e. The second-order valence-corrected chi connectivity index (χ2v) is 11.1. The van der Waals surface area contributed by atoms with Gasteiger partial charge in [0, 0.05) is 43.2 Å². The van der Waals surface area contributed by atoms with Crippen LogP contribution in [0.15, 0.2) is 0 Å². The Balaban J connectivity index is 1.16. The van der Waals surface area contributed by atoms with Gasteiger partial charge in [-0.15, -0.1) is 0 Å². The highest BCUT2D eigenvalue weighted by Crippen LogP contribution is 2.63. The SMILES string of the molecule is CC(C)(N)CNC(=O)CC1CC[C@]2(CC1)OO[C@]1(O2)[C@@H]2C[C@H]3C[C@@H](C2)C[C@@H]1C3. The molecule has 0 atom stereocenters. The molecule has 6 nitrogen and oxygen atoms in total. The number of amides is 1. The molecule has 0 aromatic carbocycles. The topological polar surface area (TPSA) is 82.8 Å². The number of ether oxygens (including phenoxy) is 1. The first-order chi connectivity index (χ1) is 13.3. The van der Waals surface area contributed by atoms with E-state index in [-0.39, 0.29) is 11.4 Å². The number of nitrogens with two attached hydrogens (primary N) is 1. The molecule has 3 N–H and O–H groups in total. The lowest BCUT2D eigenvalue weighted by Crippen LogP contribution is -2.59. The van der Waals surface area contributed by atoms with Crippen LogP contribution in [0.2, 0.25) is 0 Å². The molecule has 0 radical (unpaired) electrons. The zero-order chi connectivity index (χ0) is 19.6. The molecular weight excluding hydrogens is 356 g/mol. The Morgan fingerprint density at radius 2 is 1.64 bits per heavy atom. The lowest BCUT2D eigenvalue weighted by molar-refractivity contribution is -0.390. The molecule has 6 fully saturated rings. The van der Waals surface area contributed by atoms with Crippen LogP contribution in [0.25, 0.3) is 0 Å². The molecule has 28 heavy (non-hydrogen) atoms. The number of hydrogen-bond acceptors (Lipinski definition) is 5. The van der Waals surface area contributed by atoms with Crippen molar-refractivity contribution in [3.8, 4) is 0 Å². The highest BCUT2D eigenvalue weighted by molar-refractivity contribution is 5.76. The molecule has 6 rings (SSSR count). The predicted octanol–water partition coefficient (Wildman–Crippen LogP) is 3.25. The maximum absolute atomic E-state index is 12.2. The quantitative estimate of drug-likeness (QED) is 0.718. The first-order valence-electron chi connectivity index (χ1n) is 11.4. The highest BCUT2D eigenvalue weighted by atomic mass is 17.3. The summed E-state index contributed by atoms with van der Waals surface area (Å²) in [6.07, 6.45) is 10.5. The summed E-state index contributed by atoms with van der Waals surface area (Å²) in [5.74, 6) is 2.19. The van der Waals surface area contributed by atoms with Gasteiger partial charge in [-0.1, -0.05) is 0 Å². The number of carbonyl (C=O) groups excluding carboxylic acids is 1. The average molecular weight is 393 g/mol. The lowest BCUT2D eigenvalue weighted by Gasteiger charge is -2.57. The first-order valence-corrected chi connectivity index (χ1v) is 11.4. The van der Waals surface area contributed by atoms with Crippen LogP contribution in [0.3, 0.4) is 0 Å². The van der Waals surface area contributed by atoms with Crippen LogP contribution >= 0.6 is 0 Å². The molecular formula is C22H36N2O4. The molecule has 1 aliphatic heterocycles. The molecule has 158 valence electrons. The van der Waals surface area contributed by atoms with Gasteiger partial charge in [0.1, 0.15) is 0 Å². The summed E-state index contributed by atoms with van der Waals surface area (Å²) >= 11 is 0. The van der Waals surface area contributed by atoms with Gasteiger partial charge in [0.25, 0.3) is 0 Å². The Bertz CT molecular complexity index is 593. The molecule has 0 aromatic heterocycles. The molecule has 0 aromatic rings. The lowest BCUT2D eigenvalue weighted by atomic mass is 9.53. The van der Waals surface area contributed by atoms with E-state index in [1.807, 2.05) is 13.8 Å². The summed E-state index contributed by atoms with van der Waals surface area (Å²) in [6.45, 7) is 4.36. The van der Waals surface area contributed by atoms with Gasteiger partial charge in [-0.2, -0.15) is 9.78 Å². The minimum absolute atomic E-state index is 0.0986. The third-order valence-electron chi connectivity index (χ3n) is 8.03. The standard InChI is InChI=1S/C22H36N2O4/c1-20(2,23)13-24-19(25)12-14-3-5-21(6-4-14)26-22(28-27-21)17-8-15-7-16(10-17)11-18(22)9-15/h14-18H,3-13,23H2,1-2H3,(H,24,25)/t14?,15-,16+,17-,18+,21-,22-. The first kappa shape index (κ1) is 19.3. The van der Waals surface area contributed by atoms with E-state index in [2.05, 4.69) is 5.32 Å². The molecule has 1 amide bonds. The zero-order valence-corrected chi connectivity index (χ0v) is 17.4. The van der Waals surface area contributed by atoms with Gasteiger partial charge in [0.15, 0.2) is 0 Å². The van der Waals surface area contributed by atoms with Crippen molar-refractivity contribution in [1.29, 1.82) is 0 Å². The third kappa shape index (κ3) is 3.40. The van der Waals surface area contributed by atoms with Crippen LogP contribution in [-0.4, -0.2) is 29.6 Å². The van der Waals surface area contributed by atoms with Gasteiger partial charge in [0.2, 0.25) is 17.5 Å². The maximum Gasteiger partial charge on any atom is 0.220 e. The van der Waals surface area contributed by atoms with Crippen LogP contribution in [0, 0.1) is 29.6 Å². The van der Waals surface area contributed by atoms with E-state index in [4.69, 9.17) is 20.2 Å². The Kier molecular flexibility index (Phi) is 4.59. The van der Waals surface area contributed by atoms with E-state index in [1.165, 1.54) is 32.1 Å². The fraction of sp³-hybridized carbons (Fsp3) is 0.955. The van der Waals surface area contributed by atoms with Crippen LogP contribution in [0.1, 0.15) is 78.1 Å². The number of carbonyl (C=O) groups is 1. The molecule has 4 bridgehead atoms. The van der Waals surface area contributed by atoms with Crippen molar-refractivity contribution in [1.82, 2.24) is 5.32 Å². The fourth-order valence-corrected chi connectivity index (χ4v) is 6.78. The van der Waals surface area contributed by atoms with E-state index in [9.17, 15) is 4.79 Å². The Labute approximate surface area is 168 Å². The van der Waals surface area contributed by atoms with Gasteiger partial charge in [-0.3, -0.25) is 4.79 Å². The predicted molar refractivity (Wildman–Crippen MR) is 104 cm³/mol. The monoisotopic (exact) mass is 392 g/mol. The summed E-state index contributed by atoms with van der Waals surface area (Å²) in [6, 6.07) is 0. The summed E-state index contributed by atoms with van der Waals surface area (Å²) in [5, 5.41) is 2.96. The van der Waals surface area contributed by atoms with Crippen LogP contribution in [-0.2, 0) is 19.3 Å². The summed E-state index contributed by atoms with van der Waals surface area (Å²) in [5.41, 5.74) is 5.58. The van der Waals surface area contributed by atoms with Gasteiger partial charge in [0.05, 0.1) is 0 Å². The van der Waals surface area contributed by atoms with Crippen molar-refractivity contribution in [2.45, 2.75) is 95.2 Å². The highest BCUT2D eigenvalue weighted by Gasteiger charge is 2.66. The van der Waals surface area contributed by atoms with Crippen molar-refractivity contribution >= 4 is 5.91 Å². The molecule has 2 spiro atoms. The average Bonchev–Trinajstić information content (AvgIpc) is 3.00. The Morgan fingerprint density at radius 3 is 2.21 bits per heavy atom. The van der Waals surface area contributed by atoms with Crippen LogP contribution in [0.5, 0.6) is 0 Å². The second kappa shape index (κ2) is 6.66. The van der Waals surface area contributed by atoms with Gasteiger partial charge >= 0.3 is 0 Å². The summed E-state index contributed by atoms with van der Waals surface area (Å²) < 4.78 is 6.74. The van der Waals surface area contributed by atoms with Gasteiger partial charge < -0.3 is 15.8 Å². The summed E-state index contributed by atoms with van der Waals surface area (Å²) in [4.78, 5) is 24.3. The van der Waals surface area contributed by atoms with E-state index in [0.717, 1.165) is 37.5 Å².